The van der Waals surface area contributed by atoms with Gasteiger partial charge < -0.3 is 14.4 Å². The average Bonchev–Trinajstić information content (AvgIpc) is 3.09. The molecule has 3 heterocycles. The Hall–Kier alpha value is -2.05. The number of carbonyl (C=O) groups is 1. The summed E-state index contributed by atoms with van der Waals surface area (Å²) in [5.74, 6) is 1.79. The van der Waals surface area contributed by atoms with Crippen molar-refractivity contribution in [1.29, 1.82) is 0 Å². The standard InChI is InChI=1S/C19H22N2O3S/c1-20(11-14-2-3-16-17(10-14)24-8-7-23-16)13-19(22)21-6-4-18-15(12-21)5-9-25-18/h2-3,5,9-10H,4,6-8,11-13H2,1H3. The average molecular weight is 358 g/mol. The predicted octanol–water partition coefficient (Wildman–Crippen LogP) is 2.54. The van der Waals surface area contributed by atoms with Crippen LogP contribution in [0.25, 0.3) is 0 Å². The zero-order valence-corrected chi connectivity index (χ0v) is 15.2. The monoisotopic (exact) mass is 358 g/mol. The normalized spacial score (nSPS) is 16.0. The Morgan fingerprint density at radius 3 is 2.96 bits per heavy atom. The summed E-state index contributed by atoms with van der Waals surface area (Å²) in [6.45, 7) is 3.89. The molecule has 132 valence electrons. The van der Waals surface area contributed by atoms with Crippen LogP contribution in [0, 0.1) is 0 Å². The summed E-state index contributed by atoms with van der Waals surface area (Å²) in [6.07, 6.45) is 0.977. The van der Waals surface area contributed by atoms with Gasteiger partial charge in [-0.05, 0) is 48.2 Å². The number of carbonyl (C=O) groups excluding carboxylic acids is 1. The van der Waals surface area contributed by atoms with Crippen LogP contribution in [-0.4, -0.2) is 49.1 Å². The van der Waals surface area contributed by atoms with Crippen LogP contribution in [0.3, 0.4) is 0 Å². The van der Waals surface area contributed by atoms with Gasteiger partial charge in [0.1, 0.15) is 13.2 Å². The molecular formula is C19H22N2O3S. The number of ether oxygens (including phenoxy) is 2. The summed E-state index contributed by atoms with van der Waals surface area (Å²) in [6, 6.07) is 8.13. The Kier molecular flexibility index (Phi) is 4.63. The van der Waals surface area contributed by atoms with Crippen molar-refractivity contribution in [3.8, 4) is 11.5 Å². The smallest absolute Gasteiger partial charge is 0.237 e. The van der Waals surface area contributed by atoms with E-state index in [9.17, 15) is 4.79 Å². The van der Waals surface area contributed by atoms with Gasteiger partial charge in [0, 0.05) is 24.5 Å². The lowest BCUT2D eigenvalue weighted by atomic mass is 10.1. The lowest BCUT2D eigenvalue weighted by Crippen LogP contribution is -2.41. The van der Waals surface area contributed by atoms with Crippen molar-refractivity contribution in [2.75, 3.05) is 33.4 Å². The van der Waals surface area contributed by atoms with Crippen LogP contribution in [0.4, 0.5) is 0 Å². The number of hydrogen-bond acceptors (Lipinski definition) is 5. The predicted molar refractivity (Wildman–Crippen MR) is 97.2 cm³/mol. The first-order valence-corrected chi connectivity index (χ1v) is 9.47. The van der Waals surface area contributed by atoms with Gasteiger partial charge >= 0.3 is 0 Å². The van der Waals surface area contributed by atoms with E-state index in [0.717, 1.165) is 36.6 Å². The van der Waals surface area contributed by atoms with Crippen LogP contribution < -0.4 is 9.47 Å². The van der Waals surface area contributed by atoms with Crippen LogP contribution in [0.5, 0.6) is 11.5 Å². The number of fused-ring (bicyclic) bond motifs is 2. The highest BCUT2D eigenvalue weighted by molar-refractivity contribution is 7.10. The minimum Gasteiger partial charge on any atom is -0.486 e. The summed E-state index contributed by atoms with van der Waals surface area (Å²) in [7, 11) is 1.98. The van der Waals surface area contributed by atoms with Crippen molar-refractivity contribution in [1.82, 2.24) is 9.80 Å². The van der Waals surface area contributed by atoms with Gasteiger partial charge in [-0.1, -0.05) is 6.07 Å². The molecule has 0 fully saturated rings. The van der Waals surface area contributed by atoms with Crippen molar-refractivity contribution in [3.63, 3.8) is 0 Å². The zero-order valence-electron chi connectivity index (χ0n) is 14.4. The highest BCUT2D eigenvalue weighted by Gasteiger charge is 2.22. The van der Waals surface area contributed by atoms with Gasteiger partial charge in [-0.25, -0.2) is 0 Å². The molecule has 0 N–H and O–H groups in total. The molecule has 2 aliphatic heterocycles. The van der Waals surface area contributed by atoms with E-state index < -0.39 is 0 Å². The van der Waals surface area contributed by atoms with E-state index in [-0.39, 0.29) is 5.91 Å². The van der Waals surface area contributed by atoms with Gasteiger partial charge in [0.15, 0.2) is 11.5 Å². The fourth-order valence-corrected chi connectivity index (χ4v) is 4.24. The minimum absolute atomic E-state index is 0.192. The van der Waals surface area contributed by atoms with Gasteiger partial charge in [0.05, 0.1) is 6.54 Å². The molecule has 1 aromatic heterocycles. The summed E-state index contributed by atoms with van der Waals surface area (Å²) in [5.41, 5.74) is 2.43. The molecule has 0 unspecified atom stereocenters. The molecule has 2 aliphatic rings. The number of amides is 1. The quantitative estimate of drug-likeness (QED) is 0.842. The Balaban J connectivity index is 1.34. The zero-order chi connectivity index (χ0) is 17.2. The Morgan fingerprint density at radius 1 is 1.24 bits per heavy atom. The van der Waals surface area contributed by atoms with Crippen molar-refractivity contribution in [2.24, 2.45) is 0 Å². The Labute approximate surface area is 151 Å². The molecule has 5 nitrogen and oxygen atoms in total. The first kappa shape index (κ1) is 16.4. The molecular weight excluding hydrogens is 336 g/mol. The van der Waals surface area contributed by atoms with Gasteiger partial charge in [0.25, 0.3) is 0 Å². The highest BCUT2D eigenvalue weighted by atomic mass is 32.1. The topological polar surface area (TPSA) is 42.0 Å². The van der Waals surface area contributed by atoms with E-state index in [1.54, 1.807) is 11.3 Å². The first-order chi connectivity index (χ1) is 12.2. The maximum Gasteiger partial charge on any atom is 0.237 e. The van der Waals surface area contributed by atoms with Crippen molar-refractivity contribution >= 4 is 17.2 Å². The highest BCUT2D eigenvalue weighted by Crippen LogP contribution is 2.31. The SMILES string of the molecule is CN(CC(=O)N1CCc2sccc2C1)Cc1ccc2c(c1)OCCO2. The largest absolute Gasteiger partial charge is 0.486 e. The number of likely N-dealkylation sites (N-methyl/N-ethyl adjacent to an activating group) is 1. The minimum atomic E-state index is 0.192. The molecule has 0 radical (unpaired) electrons. The molecule has 6 heteroatoms. The summed E-state index contributed by atoms with van der Waals surface area (Å²) in [5, 5.41) is 2.12. The van der Waals surface area contributed by atoms with Crippen molar-refractivity contribution < 1.29 is 14.3 Å². The molecule has 0 aliphatic carbocycles. The number of rotatable bonds is 4. The maximum absolute atomic E-state index is 12.6. The fourth-order valence-electron chi connectivity index (χ4n) is 3.35. The summed E-state index contributed by atoms with van der Waals surface area (Å²) in [4.78, 5) is 18.1. The molecule has 1 aromatic carbocycles. The second-order valence-corrected chi connectivity index (χ2v) is 7.59. The molecule has 0 saturated heterocycles. The van der Waals surface area contributed by atoms with E-state index in [1.807, 2.05) is 30.1 Å². The molecule has 0 spiro atoms. The van der Waals surface area contributed by atoms with Crippen LogP contribution in [0.2, 0.25) is 0 Å². The van der Waals surface area contributed by atoms with Gasteiger partial charge in [-0.3, -0.25) is 9.69 Å². The lowest BCUT2D eigenvalue weighted by molar-refractivity contribution is -0.133. The molecule has 0 saturated carbocycles. The van der Waals surface area contributed by atoms with Gasteiger partial charge in [-0.2, -0.15) is 0 Å². The molecule has 0 atom stereocenters. The van der Waals surface area contributed by atoms with Crippen molar-refractivity contribution in [3.05, 3.63) is 45.6 Å². The van der Waals surface area contributed by atoms with E-state index in [4.69, 9.17) is 9.47 Å². The fraction of sp³-hybridized carbons (Fsp3) is 0.421. The molecule has 2 aromatic rings. The third kappa shape index (κ3) is 3.65. The molecule has 4 rings (SSSR count). The van der Waals surface area contributed by atoms with Crippen LogP contribution in [0.15, 0.2) is 29.6 Å². The van der Waals surface area contributed by atoms with Crippen LogP contribution in [-0.2, 0) is 24.3 Å². The van der Waals surface area contributed by atoms with Gasteiger partial charge in [0.2, 0.25) is 5.91 Å². The summed E-state index contributed by atoms with van der Waals surface area (Å²) >= 11 is 1.80. The van der Waals surface area contributed by atoms with E-state index in [0.29, 0.717) is 26.3 Å². The van der Waals surface area contributed by atoms with Crippen LogP contribution >= 0.6 is 11.3 Å². The van der Waals surface area contributed by atoms with E-state index in [1.165, 1.54) is 10.4 Å². The number of benzene rings is 1. The van der Waals surface area contributed by atoms with E-state index in [2.05, 4.69) is 16.3 Å². The van der Waals surface area contributed by atoms with E-state index >= 15 is 0 Å². The second-order valence-electron chi connectivity index (χ2n) is 6.58. The molecule has 1 amide bonds. The number of nitrogens with zero attached hydrogens (tertiary/aromatic N) is 2. The number of thiophene rings is 1. The Bertz CT molecular complexity index is 774. The lowest BCUT2D eigenvalue weighted by Gasteiger charge is -2.29. The first-order valence-electron chi connectivity index (χ1n) is 8.59. The second kappa shape index (κ2) is 7.06. The summed E-state index contributed by atoms with van der Waals surface area (Å²) < 4.78 is 11.2. The Morgan fingerprint density at radius 2 is 2.08 bits per heavy atom. The van der Waals surface area contributed by atoms with Gasteiger partial charge in [-0.15, -0.1) is 11.3 Å². The maximum atomic E-state index is 12.6. The van der Waals surface area contributed by atoms with Crippen LogP contribution in [0.1, 0.15) is 16.0 Å². The number of hydrogen-bond donors (Lipinski definition) is 0. The third-order valence-electron chi connectivity index (χ3n) is 4.62. The molecule has 0 bridgehead atoms. The molecule has 25 heavy (non-hydrogen) atoms. The third-order valence-corrected chi connectivity index (χ3v) is 5.65. The van der Waals surface area contributed by atoms with Crippen molar-refractivity contribution in [2.45, 2.75) is 19.5 Å².